The third-order valence-electron chi connectivity index (χ3n) is 3.84. The molecule has 0 aliphatic carbocycles. The average Bonchev–Trinajstić information content (AvgIpc) is 2.58. The Morgan fingerprint density at radius 3 is 2.65 bits per heavy atom. The summed E-state index contributed by atoms with van der Waals surface area (Å²) >= 11 is 6.00. The normalized spacial score (nSPS) is 24.8. The maximum absolute atomic E-state index is 11.1. The Labute approximate surface area is 124 Å². The fourth-order valence-electron chi connectivity index (χ4n) is 2.13. The molecule has 1 aromatic carbocycles. The molecule has 1 N–H and O–H groups in total. The third kappa shape index (κ3) is 3.00. The highest BCUT2D eigenvalue weighted by molar-refractivity contribution is 6.62. The van der Waals surface area contributed by atoms with Crippen LogP contribution in [0.5, 0.6) is 0 Å². The van der Waals surface area contributed by atoms with E-state index < -0.39 is 18.3 Å². The van der Waals surface area contributed by atoms with E-state index in [-0.39, 0.29) is 5.91 Å². The number of carbonyl (C=O) groups is 1. The molecule has 4 nitrogen and oxygen atoms in total. The van der Waals surface area contributed by atoms with Gasteiger partial charge in [0.25, 0.3) is 0 Å². The number of rotatable bonds is 3. The minimum absolute atomic E-state index is 0.0863. The second kappa shape index (κ2) is 5.39. The van der Waals surface area contributed by atoms with E-state index in [0.29, 0.717) is 11.6 Å². The largest absolute Gasteiger partial charge is 0.494 e. The molecular formula is C14H19BClNO3. The molecule has 0 bridgehead atoms. The van der Waals surface area contributed by atoms with Gasteiger partial charge in [0.1, 0.15) is 0 Å². The lowest BCUT2D eigenvalue weighted by molar-refractivity contribution is -0.120. The molecule has 1 unspecified atom stereocenters. The molecule has 20 heavy (non-hydrogen) atoms. The Hall–Kier alpha value is -1.04. The molecule has 2 rings (SSSR count). The van der Waals surface area contributed by atoms with Gasteiger partial charge in [0, 0.05) is 18.5 Å². The van der Waals surface area contributed by atoms with Crippen LogP contribution in [0, 0.1) is 0 Å². The van der Waals surface area contributed by atoms with Crippen molar-refractivity contribution in [2.24, 2.45) is 0 Å². The van der Waals surface area contributed by atoms with Gasteiger partial charge in [-0.3, -0.25) is 4.79 Å². The summed E-state index contributed by atoms with van der Waals surface area (Å²) < 4.78 is 12.1. The predicted octanol–water partition coefficient (Wildman–Crippen LogP) is 1.76. The quantitative estimate of drug-likeness (QED) is 0.864. The first-order chi connectivity index (χ1) is 9.23. The van der Waals surface area contributed by atoms with E-state index in [2.05, 4.69) is 5.32 Å². The predicted molar refractivity (Wildman–Crippen MR) is 80.2 cm³/mol. The number of hydrogen-bond acceptors (Lipinski definition) is 3. The first-order valence-corrected chi connectivity index (χ1v) is 6.97. The van der Waals surface area contributed by atoms with Crippen molar-refractivity contribution in [2.75, 3.05) is 6.54 Å². The summed E-state index contributed by atoms with van der Waals surface area (Å²) in [4.78, 5) is 11.1. The van der Waals surface area contributed by atoms with Crippen molar-refractivity contribution >= 4 is 30.1 Å². The van der Waals surface area contributed by atoms with Crippen molar-refractivity contribution in [2.45, 2.75) is 38.9 Å². The Morgan fingerprint density at radius 2 is 2.05 bits per heavy atom. The highest BCUT2D eigenvalue weighted by atomic mass is 35.5. The zero-order valence-corrected chi connectivity index (χ0v) is 13.0. The third-order valence-corrected chi connectivity index (χ3v) is 4.07. The first-order valence-electron chi connectivity index (χ1n) is 6.59. The first kappa shape index (κ1) is 15.4. The zero-order chi connectivity index (χ0) is 15.0. The van der Waals surface area contributed by atoms with Gasteiger partial charge in [0.15, 0.2) is 0 Å². The van der Waals surface area contributed by atoms with Gasteiger partial charge in [-0.1, -0.05) is 23.7 Å². The molecule has 0 saturated carbocycles. The Bertz CT molecular complexity index is 523. The molecule has 1 amide bonds. The minimum Gasteiger partial charge on any atom is -0.399 e. The second-order valence-corrected chi connectivity index (χ2v) is 6.21. The van der Waals surface area contributed by atoms with Gasteiger partial charge in [-0.05, 0) is 38.4 Å². The number of benzene rings is 1. The zero-order valence-electron chi connectivity index (χ0n) is 12.2. The van der Waals surface area contributed by atoms with Crippen molar-refractivity contribution in [3.8, 4) is 0 Å². The Kier molecular flexibility index (Phi) is 4.14. The van der Waals surface area contributed by atoms with Crippen LogP contribution in [0.3, 0.4) is 0 Å². The summed E-state index contributed by atoms with van der Waals surface area (Å²) in [6.07, 6.45) is 0. The molecule has 1 saturated heterocycles. The topological polar surface area (TPSA) is 47.6 Å². The van der Waals surface area contributed by atoms with Crippen LogP contribution in [0.15, 0.2) is 24.3 Å². The van der Waals surface area contributed by atoms with Gasteiger partial charge in [0.05, 0.1) is 11.2 Å². The van der Waals surface area contributed by atoms with E-state index in [9.17, 15) is 4.79 Å². The monoisotopic (exact) mass is 295 g/mol. The van der Waals surface area contributed by atoms with Gasteiger partial charge in [-0.2, -0.15) is 0 Å². The van der Waals surface area contributed by atoms with Crippen molar-refractivity contribution in [1.29, 1.82) is 0 Å². The maximum Gasteiger partial charge on any atom is 0.494 e. The standard InChI is InChI=1S/C14H19BClNO3/c1-10(18)17-9-14(4)13(2,3)19-15(20-14)11-6-5-7-12(16)8-11/h5-8H,9H2,1-4H3,(H,17,18). The molecular weight excluding hydrogens is 276 g/mol. The molecule has 1 fully saturated rings. The van der Waals surface area contributed by atoms with Crippen molar-refractivity contribution in [3.63, 3.8) is 0 Å². The highest BCUT2D eigenvalue weighted by Crippen LogP contribution is 2.36. The van der Waals surface area contributed by atoms with E-state index in [4.69, 9.17) is 20.9 Å². The highest BCUT2D eigenvalue weighted by Gasteiger charge is 2.54. The number of carbonyl (C=O) groups excluding carboxylic acids is 1. The van der Waals surface area contributed by atoms with Gasteiger partial charge >= 0.3 is 7.12 Å². The summed E-state index contributed by atoms with van der Waals surface area (Å²) in [7, 11) is -0.484. The Balaban J connectivity index is 2.19. The summed E-state index contributed by atoms with van der Waals surface area (Å²) in [6, 6.07) is 7.41. The molecule has 1 aliphatic heterocycles. The minimum atomic E-state index is -0.606. The average molecular weight is 296 g/mol. The Morgan fingerprint density at radius 1 is 1.35 bits per heavy atom. The number of halogens is 1. The van der Waals surface area contributed by atoms with Crippen LogP contribution in [0.4, 0.5) is 0 Å². The van der Waals surface area contributed by atoms with Crippen molar-refractivity contribution < 1.29 is 14.1 Å². The lowest BCUT2D eigenvalue weighted by Gasteiger charge is -2.36. The van der Waals surface area contributed by atoms with Crippen LogP contribution in [-0.4, -0.2) is 30.8 Å². The van der Waals surface area contributed by atoms with E-state index in [1.807, 2.05) is 45.0 Å². The number of amides is 1. The molecule has 108 valence electrons. The fraction of sp³-hybridized carbons (Fsp3) is 0.500. The molecule has 0 radical (unpaired) electrons. The molecule has 1 aliphatic rings. The van der Waals surface area contributed by atoms with Gasteiger partial charge < -0.3 is 14.6 Å². The van der Waals surface area contributed by atoms with Crippen LogP contribution in [0.2, 0.25) is 5.02 Å². The lowest BCUT2D eigenvalue weighted by Crippen LogP contribution is -2.52. The molecule has 1 aromatic rings. The summed E-state index contributed by atoms with van der Waals surface area (Å²) in [6.45, 7) is 7.74. The van der Waals surface area contributed by atoms with Crippen molar-refractivity contribution in [1.82, 2.24) is 5.32 Å². The molecule has 1 heterocycles. The summed E-state index contributed by atoms with van der Waals surface area (Å²) in [5.74, 6) is -0.0863. The molecule has 6 heteroatoms. The van der Waals surface area contributed by atoms with E-state index in [1.54, 1.807) is 0 Å². The van der Waals surface area contributed by atoms with Crippen LogP contribution in [-0.2, 0) is 14.1 Å². The van der Waals surface area contributed by atoms with E-state index in [0.717, 1.165) is 5.46 Å². The number of nitrogens with one attached hydrogen (secondary N) is 1. The van der Waals surface area contributed by atoms with Crippen LogP contribution in [0.1, 0.15) is 27.7 Å². The van der Waals surface area contributed by atoms with Crippen LogP contribution < -0.4 is 10.8 Å². The molecule has 0 aromatic heterocycles. The van der Waals surface area contributed by atoms with Crippen molar-refractivity contribution in [3.05, 3.63) is 29.3 Å². The van der Waals surface area contributed by atoms with E-state index >= 15 is 0 Å². The number of hydrogen-bond donors (Lipinski definition) is 1. The maximum atomic E-state index is 11.1. The molecule has 0 spiro atoms. The van der Waals surface area contributed by atoms with Crippen LogP contribution in [0.25, 0.3) is 0 Å². The smallest absolute Gasteiger partial charge is 0.399 e. The van der Waals surface area contributed by atoms with E-state index in [1.165, 1.54) is 6.92 Å². The summed E-state index contributed by atoms with van der Waals surface area (Å²) in [5, 5.41) is 3.44. The van der Waals surface area contributed by atoms with Crippen LogP contribution >= 0.6 is 11.6 Å². The molecule has 1 atom stereocenters. The lowest BCUT2D eigenvalue weighted by atomic mass is 9.79. The van der Waals surface area contributed by atoms with Gasteiger partial charge in [-0.25, -0.2) is 0 Å². The fourth-order valence-corrected chi connectivity index (χ4v) is 2.33. The summed E-state index contributed by atoms with van der Waals surface area (Å²) in [5.41, 5.74) is -0.259. The second-order valence-electron chi connectivity index (χ2n) is 5.77. The SMILES string of the molecule is CC(=O)NCC1(C)OB(c2cccc(Cl)c2)OC1(C)C. The van der Waals surface area contributed by atoms with Gasteiger partial charge in [-0.15, -0.1) is 0 Å². The van der Waals surface area contributed by atoms with Gasteiger partial charge in [0.2, 0.25) is 5.91 Å².